The van der Waals surface area contributed by atoms with E-state index >= 15 is 0 Å². The molecule has 0 saturated carbocycles. The van der Waals surface area contributed by atoms with Crippen LogP contribution in [0, 0.1) is 6.92 Å². The van der Waals surface area contributed by atoms with E-state index in [1.807, 2.05) is 6.92 Å². The molecule has 0 spiro atoms. The summed E-state index contributed by atoms with van der Waals surface area (Å²) in [5, 5.41) is 6.52. The molecule has 1 N–H and O–H groups in total. The number of aromatic nitrogens is 2. The fraction of sp³-hybridized carbons (Fsp3) is 0.182. The molecule has 33 heavy (non-hydrogen) atoms. The highest BCUT2D eigenvalue weighted by Crippen LogP contribution is 2.23. The molecule has 0 radical (unpaired) electrons. The third kappa shape index (κ3) is 5.63. The Labute approximate surface area is 189 Å². The van der Waals surface area contributed by atoms with Crippen molar-refractivity contribution in [3.8, 4) is 11.4 Å². The smallest absolute Gasteiger partial charge is 0.362 e. The summed E-state index contributed by atoms with van der Waals surface area (Å²) >= 11 is 0. The minimum atomic E-state index is -4.44. The van der Waals surface area contributed by atoms with Crippen LogP contribution in [0.1, 0.15) is 29.9 Å². The summed E-state index contributed by atoms with van der Waals surface area (Å²) in [6.07, 6.45) is 0. The van der Waals surface area contributed by atoms with Gasteiger partial charge in [0, 0.05) is 12.6 Å². The largest absolute Gasteiger partial charge is 0.461 e. The Morgan fingerprint density at radius 3 is 2.27 bits per heavy atom. The van der Waals surface area contributed by atoms with Crippen molar-refractivity contribution >= 4 is 27.7 Å². The lowest BCUT2D eigenvalue weighted by Gasteiger charge is -2.13. The van der Waals surface area contributed by atoms with Crippen LogP contribution in [0.3, 0.4) is 0 Å². The minimum Gasteiger partial charge on any atom is -0.461 e. The first-order valence-electron chi connectivity index (χ1n) is 9.81. The molecule has 0 aliphatic heterocycles. The van der Waals surface area contributed by atoms with Gasteiger partial charge in [0.1, 0.15) is 4.90 Å². The van der Waals surface area contributed by atoms with E-state index in [9.17, 15) is 22.8 Å². The van der Waals surface area contributed by atoms with E-state index in [2.05, 4.69) is 10.4 Å². The highest BCUT2D eigenvalue weighted by atomic mass is 32.2. The zero-order valence-corrected chi connectivity index (χ0v) is 18.9. The topological polar surface area (TPSA) is 134 Å². The molecule has 2 aromatic carbocycles. The number of anilines is 1. The first-order valence-corrected chi connectivity index (χ1v) is 11.2. The summed E-state index contributed by atoms with van der Waals surface area (Å²) in [7, 11) is -4.44. The Morgan fingerprint density at radius 1 is 1.06 bits per heavy atom. The van der Waals surface area contributed by atoms with Crippen LogP contribution in [0.25, 0.3) is 5.69 Å². The minimum absolute atomic E-state index is 0.000965. The molecule has 11 heteroatoms. The van der Waals surface area contributed by atoms with Gasteiger partial charge in [-0.25, -0.2) is 4.79 Å². The molecule has 1 amide bonds. The van der Waals surface area contributed by atoms with Gasteiger partial charge in [0.15, 0.2) is 5.75 Å². The third-order valence-electron chi connectivity index (χ3n) is 4.31. The zero-order valence-electron chi connectivity index (χ0n) is 18.1. The Balaban J connectivity index is 2.03. The lowest BCUT2D eigenvalue weighted by Crippen LogP contribution is -2.26. The molecule has 0 unspecified atom stereocenters. The van der Waals surface area contributed by atoms with Gasteiger partial charge in [-0.3, -0.25) is 9.59 Å². The summed E-state index contributed by atoms with van der Waals surface area (Å²) in [6.45, 7) is 4.76. The second-order valence-corrected chi connectivity index (χ2v) is 8.45. The van der Waals surface area contributed by atoms with E-state index < -0.39 is 33.1 Å². The van der Waals surface area contributed by atoms with Crippen molar-refractivity contribution in [1.82, 2.24) is 9.78 Å². The van der Waals surface area contributed by atoms with Crippen molar-refractivity contribution < 1.29 is 26.9 Å². The third-order valence-corrected chi connectivity index (χ3v) is 5.56. The summed E-state index contributed by atoms with van der Waals surface area (Å²) in [5.41, 5.74) is 0.525. The number of amides is 1. The molecule has 0 fully saturated rings. The van der Waals surface area contributed by atoms with Crippen molar-refractivity contribution in [2.45, 2.75) is 25.7 Å². The Bertz CT molecular complexity index is 1350. The molecule has 0 bridgehead atoms. The van der Waals surface area contributed by atoms with Crippen LogP contribution in [-0.4, -0.2) is 36.7 Å². The molecule has 0 aliphatic rings. The normalized spacial score (nSPS) is 11.0. The molecular weight excluding hydrogens is 450 g/mol. The number of nitrogens with zero attached hydrogens (tertiary/aromatic N) is 2. The first kappa shape index (κ1) is 23.7. The Morgan fingerprint density at radius 2 is 1.70 bits per heavy atom. The maximum Gasteiger partial charge on any atom is 0.362 e. The molecule has 172 valence electrons. The quantitative estimate of drug-likeness (QED) is 0.410. The van der Waals surface area contributed by atoms with Gasteiger partial charge < -0.3 is 14.2 Å². The average molecular weight is 471 g/mol. The maximum atomic E-state index is 12.8. The SMILES string of the molecule is CCOC(=O)c1nn(-c2ccc(C)cc2)c(=O)cc1OS(=O)(=O)c1ccc(NC(C)=O)cc1. The number of hydrogen-bond donors (Lipinski definition) is 1. The second kappa shape index (κ2) is 9.65. The lowest BCUT2D eigenvalue weighted by atomic mass is 10.2. The van der Waals surface area contributed by atoms with E-state index in [0.717, 1.165) is 16.3 Å². The zero-order chi connectivity index (χ0) is 24.2. The van der Waals surface area contributed by atoms with Crippen LogP contribution < -0.4 is 15.1 Å². The molecule has 0 atom stereocenters. The number of benzene rings is 2. The van der Waals surface area contributed by atoms with Gasteiger partial charge >= 0.3 is 16.1 Å². The Hall–Kier alpha value is -3.99. The fourth-order valence-corrected chi connectivity index (χ4v) is 3.72. The van der Waals surface area contributed by atoms with E-state index in [1.54, 1.807) is 31.2 Å². The van der Waals surface area contributed by atoms with Crippen molar-refractivity contribution in [2.24, 2.45) is 0 Å². The molecule has 3 rings (SSSR count). The molecule has 0 aliphatic carbocycles. The van der Waals surface area contributed by atoms with Crippen molar-refractivity contribution in [2.75, 3.05) is 11.9 Å². The van der Waals surface area contributed by atoms with Gasteiger partial charge in [-0.2, -0.15) is 18.2 Å². The molecule has 1 aromatic heterocycles. The standard InChI is InChI=1S/C22H21N3O7S/c1-4-31-22(28)21-19(13-20(27)25(24-21)17-9-5-14(2)6-10-17)32-33(29,30)18-11-7-16(8-12-18)23-15(3)26/h5-13H,4H2,1-3H3,(H,23,26). The van der Waals surface area contributed by atoms with Crippen molar-refractivity contribution in [3.05, 3.63) is 76.2 Å². The fourth-order valence-electron chi connectivity index (χ4n) is 2.79. The number of carbonyl (C=O) groups is 2. The van der Waals surface area contributed by atoms with E-state index in [0.29, 0.717) is 11.4 Å². The molecule has 1 heterocycles. The molecule has 3 aromatic rings. The molecular formula is C22H21N3O7S. The van der Waals surface area contributed by atoms with Gasteiger partial charge in [0.2, 0.25) is 11.6 Å². The number of nitrogens with one attached hydrogen (secondary N) is 1. The number of esters is 1. The van der Waals surface area contributed by atoms with Crippen molar-refractivity contribution in [3.63, 3.8) is 0 Å². The highest BCUT2D eigenvalue weighted by molar-refractivity contribution is 7.87. The van der Waals surface area contributed by atoms with E-state index in [4.69, 9.17) is 8.92 Å². The summed E-state index contributed by atoms with van der Waals surface area (Å²) in [4.78, 5) is 36.0. The molecule has 0 saturated heterocycles. The summed E-state index contributed by atoms with van der Waals surface area (Å²) in [6, 6.07) is 12.8. The van der Waals surface area contributed by atoms with Crippen molar-refractivity contribution in [1.29, 1.82) is 0 Å². The summed E-state index contributed by atoms with van der Waals surface area (Å²) in [5.74, 6) is -1.83. The van der Waals surface area contributed by atoms with Gasteiger partial charge in [0.25, 0.3) is 5.56 Å². The number of hydrogen-bond acceptors (Lipinski definition) is 8. The summed E-state index contributed by atoms with van der Waals surface area (Å²) < 4.78 is 36.6. The monoisotopic (exact) mass is 471 g/mol. The second-order valence-electron chi connectivity index (χ2n) is 6.91. The van der Waals surface area contributed by atoms with Gasteiger partial charge in [-0.05, 0) is 50.2 Å². The number of aryl methyl sites for hydroxylation is 1. The van der Waals surface area contributed by atoms with Gasteiger partial charge in [-0.15, -0.1) is 0 Å². The number of ether oxygens (including phenoxy) is 1. The van der Waals surface area contributed by atoms with Crippen LogP contribution >= 0.6 is 0 Å². The van der Waals surface area contributed by atoms with Crippen LogP contribution in [-0.2, 0) is 19.6 Å². The molecule has 10 nitrogen and oxygen atoms in total. The van der Waals surface area contributed by atoms with Crippen LogP contribution in [0.15, 0.2) is 64.3 Å². The first-order chi connectivity index (χ1) is 15.6. The predicted octanol–water partition coefficient (Wildman–Crippen LogP) is 2.44. The van der Waals surface area contributed by atoms with Gasteiger partial charge in [0.05, 0.1) is 18.4 Å². The maximum absolute atomic E-state index is 12.8. The number of carbonyl (C=O) groups excluding carboxylic acids is 2. The van der Waals surface area contributed by atoms with Crippen LogP contribution in [0.4, 0.5) is 5.69 Å². The lowest BCUT2D eigenvalue weighted by molar-refractivity contribution is -0.114. The predicted molar refractivity (Wildman–Crippen MR) is 119 cm³/mol. The van der Waals surface area contributed by atoms with Crippen LogP contribution in [0.5, 0.6) is 5.75 Å². The highest BCUT2D eigenvalue weighted by Gasteiger charge is 2.25. The van der Waals surface area contributed by atoms with Gasteiger partial charge in [-0.1, -0.05) is 17.7 Å². The van der Waals surface area contributed by atoms with E-state index in [-0.39, 0.29) is 17.4 Å². The van der Waals surface area contributed by atoms with Crippen LogP contribution in [0.2, 0.25) is 0 Å². The Kier molecular flexibility index (Phi) is 6.92. The average Bonchev–Trinajstić information content (AvgIpc) is 2.74. The number of rotatable bonds is 7. The van der Waals surface area contributed by atoms with E-state index in [1.165, 1.54) is 31.2 Å².